The molecule has 0 spiro atoms. The summed E-state index contributed by atoms with van der Waals surface area (Å²) in [5.74, 6) is 3.77. The lowest BCUT2D eigenvalue weighted by atomic mass is 9.80. The number of benzene rings is 3. The third-order valence-electron chi connectivity index (χ3n) is 7.43. The van der Waals surface area contributed by atoms with E-state index in [1.54, 1.807) is 14.2 Å². The standard InChI is InChI=1S/C33H32N2O8/c1-4-20-41-30-27(43-31(29(30)37)35-19-18-28(36)34-32(35)38)21-42-33(22-8-6-5-7-9-22,23-10-14-25(39-2)15-11-23)24-12-16-26(40-3)17-13-24/h1,5-19,27,29-31,37H,20-21H2,2-3H3,(H,34,36,38). The van der Waals surface area contributed by atoms with Crippen LogP contribution in [0.3, 0.4) is 0 Å². The molecule has 5 rings (SSSR count). The fraction of sp³-hybridized carbons (Fsp3) is 0.273. The van der Waals surface area contributed by atoms with Gasteiger partial charge in [0, 0.05) is 12.3 Å². The van der Waals surface area contributed by atoms with Crippen LogP contribution in [-0.4, -0.2) is 60.4 Å². The molecule has 0 aliphatic carbocycles. The van der Waals surface area contributed by atoms with Crippen molar-refractivity contribution in [3.8, 4) is 23.8 Å². The molecule has 2 N–H and O–H groups in total. The lowest BCUT2D eigenvalue weighted by Crippen LogP contribution is -2.41. The Hall–Kier alpha value is -4.66. The minimum Gasteiger partial charge on any atom is -0.497 e. The van der Waals surface area contributed by atoms with E-state index in [9.17, 15) is 14.7 Å². The number of nitrogens with zero attached hydrogens (tertiary/aromatic N) is 1. The zero-order chi connectivity index (χ0) is 30.4. The second-order valence-electron chi connectivity index (χ2n) is 9.87. The summed E-state index contributed by atoms with van der Waals surface area (Å²) in [6.45, 7) is -0.177. The molecular formula is C33H32N2O8. The van der Waals surface area contributed by atoms with Crippen LogP contribution in [0.2, 0.25) is 0 Å². The van der Waals surface area contributed by atoms with Crippen LogP contribution in [0.15, 0.2) is 101 Å². The monoisotopic (exact) mass is 584 g/mol. The van der Waals surface area contributed by atoms with Crippen molar-refractivity contribution in [3.63, 3.8) is 0 Å². The average Bonchev–Trinajstić information content (AvgIpc) is 3.35. The van der Waals surface area contributed by atoms with Gasteiger partial charge in [-0.25, -0.2) is 4.79 Å². The Kier molecular flexibility index (Phi) is 9.09. The molecule has 1 saturated heterocycles. The first-order valence-electron chi connectivity index (χ1n) is 13.6. The molecule has 0 saturated carbocycles. The molecule has 222 valence electrons. The van der Waals surface area contributed by atoms with Gasteiger partial charge in [0.05, 0.1) is 20.8 Å². The van der Waals surface area contributed by atoms with Crippen LogP contribution < -0.4 is 20.7 Å². The summed E-state index contributed by atoms with van der Waals surface area (Å²) in [6, 6.07) is 26.0. The molecule has 0 bridgehead atoms. The molecule has 4 unspecified atom stereocenters. The van der Waals surface area contributed by atoms with Crippen LogP contribution in [-0.2, 0) is 19.8 Å². The van der Waals surface area contributed by atoms with Crippen molar-refractivity contribution in [2.45, 2.75) is 30.1 Å². The number of aliphatic hydroxyl groups excluding tert-OH is 1. The Morgan fingerprint density at radius 1 is 0.907 bits per heavy atom. The van der Waals surface area contributed by atoms with Gasteiger partial charge in [0.25, 0.3) is 5.56 Å². The van der Waals surface area contributed by atoms with Crippen LogP contribution in [0.1, 0.15) is 22.9 Å². The van der Waals surface area contributed by atoms with Crippen LogP contribution in [0, 0.1) is 12.3 Å². The molecule has 4 aromatic rings. The predicted octanol–water partition coefficient (Wildman–Crippen LogP) is 2.84. The maximum absolute atomic E-state index is 12.6. The third kappa shape index (κ3) is 5.98. The largest absolute Gasteiger partial charge is 0.497 e. The van der Waals surface area contributed by atoms with E-state index in [1.807, 2.05) is 78.9 Å². The number of nitrogens with one attached hydrogen (secondary N) is 1. The molecule has 1 aliphatic rings. The predicted molar refractivity (Wildman–Crippen MR) is 158 cm³/mol. The Labute approximate surface area is 248 Å². The van der Waals surface area contributed by atoms with E-state index in [0.29, 0.717) is 11.5 Å². The zero-order valence-electron chi connectivity index (χ0n) is 23.7. The number of aromatic amines is 1. The van der Waals surface area contributed by atoms with Gasteiger partial charge >= 0.3 is 5.69 Å². The van der Waals surface area contributed by atoms with Crippen LogP contribution in [0.25, 0.3) is 0 Å². The van der Waals surface area contributed by atoms with Crippen molar-refractivity contribution in [3.05, 3.63) is 129 Å². The highest BCUT2D eigenvalue weighted by Gasteiger charge is 2.48. The molecule has 0 amide bonds. The maximum Gasteiger partial charge on any atom is 0.330 e. The van der Waals surface area contributed by atoms with Gasteiger partial charge in [-0.1, -0.05) is 60.5 Å². The number of ether oxygens (including phenoxy) is 5. The van der Waals surface area contributed by atoms with E-state index >= 15 is 0 Å². The highest BCUT2D eigenvalue weighted by atomic mass is 16.6. The number of H-pyrrole nitrogens is 1. The first-order chi connectivity index (χ1) is 20.9. The van der Waals surface area contributed by atoms with Gasteiger partial charge in [-0.2, -0.15) is 0 Å². The molecule has 43 heavy (non-hydrogen) atoms. The Balaban J connectivity index is 1.59. The second-order valence-corrected chi connectivity index (χ2v) is 9.87. The number of methoxy groups -OCH3 is 2. The van der Waals surface area contributed by atoms with Crippen molar-refractivity contribution >= 4 is 0 Å². The van der Waals surface area contributed by atoms with Crippen molar-refractivity contribution in [1.29, 1.82) is 0 Å². The Morgan fingerprint density at radius 3 is 2.02 bits per heavy atom. The highest BCUT2D eigenvalue weighted by Crippen LogP contribution is 2.43. The number of rotatable bonds is 11. The van der Waals surface area contributed by atoms with Crippen LogP contribution in [0.5, 0.6) is 11.5 Å². The highest BCUT2D eigenvalue weighted by molar-refractivity contribution is 5.49. The lowest BCUT2D eigenvalue weighted by molar-refractivity contribution is -0.102. The molecule has 0 radical (unpaired) electrons. The maximum atomic E-state index is 12.6. The van der Waals surface area contributed by atoms with Gasteiger partial charge in [-0.05, 0) is 41.0 Å². The molecule has 10 heteroatoms. The smallest absolute Gasteiger partial charge is 0.330 e. The molecule has 3 aromatic carbocycles. The fourth-order valence-electron chi connectivity index (χ4n) is 5.34. The third-order valence-corrected chi connectivity index (χ3v) is 7.43. The molecule has 1 aliphatic heterocycles. The number of aromatic nitrogens is 2. The number of terminal acetylenes is 1. The van der Waals surface area contributed by atoms with E-state index in [2.05, 4.69) is 10.9 Å². The molecule has 1 aromatic heterocycles. The summed E-state index contributed by atoms with van der Waals surface area (Å²) >= 11 is 0. The van der Waals surface area contributed by atoms with Gasteiger partial charge in [0.15, 0.2) is 6.23 Å². The number of hydrogen-bond donors (Lipinski definition) is 2. The van der Waals surface area contributed by atoms with E-state index in [1.165, 1.54) is 12.3 Å². The minimum absolute atomic E-state index is 0.0755. The molecular weight excluding hydrogens is 552 g/mol. The van der Waals surface area contributed by atoms with E-state index in [4.69, 9.17) is 30.1 Å². The van der Waals surface area contributed by atoms with Crippen LogP contribution in [0.4, 0.5) is 0 Å². The van der Waals surface area contributed by atoms with Crippen molar-refractivity contribution in [2.24, 2.45) is 0 Å². The topological polar surface area (TPSA) is 121 Å². The van der Waals surface area contributed by atoms with Gasteiger partial charge in [0.2, 0.25) is 0 Å². The molecule has 1 fully saturated rings. The summed E-state index contributed by atoms with van der Waals surface area (Å²) < 4.78 is 30.9. The van der Waals surface area contributed by atoms with E-state index in [0.717, 1.165) is 21.3 Å². The summed E-state index contributed by atoms with van der Waals surface area (Å²) in [5.41, 5.74) is -0.0179. The first-order valence-corrected chi connectivity index (χ1v) is 13.6. The van der Waals surface area contributed by atoms with Gasteiger partial charge in [0.1, 0.15) is 42.0 Å². The van der Waals surface area contributed by atoms with Crippen molar-refractivity contribution < 1.29 is 28.8 Å². The Bertz CT molecular complexity index is 1610. The Morgan fingerprint density at radius 2 is 1.49 bits per heavy atom. The normalized spacial score (nSPS) is 20.0. The minimum atomic E-state index is -1.29. The van der Waals surface area contributed by atoms with Gasteiger partial charge in [-0.3, -0.25) is 14.3 Å². The summed E-state index contributed by atoms with van der Waals surface area (Å²) in [7, 11) is 3.20. The number of hydrogen-bond acceptors (Lipinski definition) is 8. The van der Waals surface area contributed by atoms with E-state index in [-0.39, 0.29) is 13.2 Å². The quantitative estimate of drug-likeness (QED) is 0.204. The van der Waals surface area contributed by atoms with Crippen molar-refractivity contribution in [1.82, 2.24) is 9.55 Å². The van der Waals surface area contributed by atoms with Gasteiger partial charge in [-0.15, -0.1) is 6.42 Å². The summed E-state index contributed by atoms with van der Waals surface area (Å²) in [5, 5.41) is 11.2. The zero-order valence-corrected chi connectivity index (χ0v) is 23.7. The second kappa shape index (κ2) is 13.1. The number of aliphatic hydroxyl groups is 1. The SMILES string of the molecule is C#CCOC1C(COC(c2ccccc2)(c2ccc(OC)cc2)c2ccc(OC)cc2)OC(n2ccc(=O)[nH]c2=O)C1O. The van der Waals surface area contributed by atoms with Crippen molar-refractivity contribution in [2.75, 3.05) is 27.4 Å². The van der Waals surface area contributed by atoms with Gasteiger partial charge < -0.3 is 28.8 Å². The summed E-state index contributed by atoms with van der Waals surface area (Å²) in [6.07, 6.45) is 2.47. The van der Waals surface area contributed by atoms with Crippen LogP contribution >= 0.6 is 0 Å². The lowest BCUT2D eigenvalue weighted by Gasteiger charge is -2.37. The molecule has 10 nitrogen and oxygen atoms in total. The summed E-state index contributed by atoms with van der Waals surface area (Å²) in [4.78, 5) is 26.4. The first kappa shape index (κ1) is 29.8. The average molecular weight is 585 g/mol. The molecule has 2 heterocycles. The molecule has 4 atom stereocenters. The van der Waals surface area contributed by atoms with E-state index < -0.39 is 41.4 Å². The fourth-order valence-corrected chi connectivity index (χ4v) is 5.34.